The van der Waals surface area contributed by atoms with Gasteiger partial charge in [0.1, 0.15) is 0 Å². The Bertz CT molecular complexity index is 719. The number of nitrogens with zero attached hydrogens (tertiary/aromatic N) is 1. The second kappa shape index (κ2) is 8.02. The quantitative estimate of drug-likeness (QED) is 0.871. The van der Waals surface area contributed by atoms with Crippen molar-refractivity contribution in [2.24, 2.45) is 5.92 Å². The fourth-order valence-electron chi connectivity index (χ4n) is 4.04. The van der Waals surface area contributed by atoms with Gasteiger partial charge in [0.25, 0.3) is 0 Å². The van der Waals surface area contributed by atoms with E-state index in [-0.39, 0.29) is 24.0 Å². The average Bonchev–Trinajstić information content (AvgIpc) is 3.00. The Hall–Kier alpha value is -2.17. The molecule has 1 amide bonds. The van der Waals surface area contributed by atoms with Crippen LogP contribution in [0.4, 0.5) is 0 Å². The molecule has 4 heteroatoms. The Morgan fingerprint density at radius 2 is 1.69 bits per heavy atom. The highest BCUT2D eigenvalue weighted by molar-refractivity contribution is 5.79. The Labute approximate surface area is 155 Å². The lowest BCUT2D eigenvalue weighted by atomic mass is 9.99. The molecule has 26 heavy (non-hydrogen) atoms. The molecule has 0 radical (unpaired) electrons. The average molecular weight is 350 g/mol. The number of hydrogen-bond donors (Lipinski definition) is 1. The third-order valence-corrected chi connectivity index (χ3v) is 5.44. The molecule has 3 atom stereocenters. The van der Waals surface area contributed by atoms with Gasteiger partial charge in [0, 0.05) is 26.2 Å². The van der Waals surface area contributed by atoms with Gasteiger partial charge in [-0.05, 0) is 24.0 Å². The van der Waals surface area contributed by atoms with Gasteiger partial charge in [-0.25, -0.2) is 0 Å². The van der Waals surface area contributed by atoms with Gasteiger partial charge in [-0.3, -0.25) is 9.69 Å². The van der Waals surface area contributed by atoms with Crippen LogP contribution < -0.4 is 5.32 Å². The first-order chi connectivity index (χ1) is 12.8. The lowest BCUT2D eigenvalue weighted by molar-refractivity contribution is -0.128. The standard InChI is InChI=1S/C22H26N2O2/c25-22(23-14-18-9-5-2-6-10-18)20-13-19-15-24(16-21(20)26-19)12-11-17-7-3-1-4-8-17/h1-10,19-21H,11-16H2,(H,23,25). The predicted octanol–water partition coefficient (Wildman–Crippen LogP) is 2.63. The van der Waals surface area contributed by atoms with E-state index < -0.39 is 0 Å². The van der Waals surface area contributed by atoms with Crippen molar-refractivity contribution in [3.8, 4) is 0 Å². The molecule has 0 spiro atoms. The second-order valence-electron chi connectivity index (χ2n) is 7.34. The third kappa shape index (κ3) is 4.14. The first-order valence-corrected chi connectivity index (χ1v) is 9.51. The lowest BCUT2D eigenvalue weighted by Gasteiger charge is -2.32. The van der Waals surface area contributed by atoms with Gasteiger partial charge in [-0.15, -0.1) is 0 Å². The number of carbonyl (C=O) groups excluding carboxylic acids is 1. The van der Waals surface area contributed by atoms with Gasteiger partial charge in [0.05, 0.1) is 18.1 Å². The Morgan fingerprint density at radius 3 is 2.42 bits per heavy atom. The van der Waals surface area contributed by atoms with Crippen LogP contribution in [0.25, 0.3) is 0 Å². The SMILES string of the molecule is O=C(NCc1ccccc1)C1CC2CN(CCc3ccccc3)CC1O2. The maximum absolute atomic E-state index is 12.6. The number of amides is 1. The van der Waals surface area contributed by atoms with E-state index in [1.165, 1.54) is 5.56 Å². The highest BCUT2D eigenvalue weighted by Gasteiger charge is 2.44. The van der Waals surface area contributed by atoms with Crippen LogP contribution in [0.1, 0.15) is 17.5 Å². The van der Waals surface area contributed by atoms with Crippen LogP contribution in [0.3, 0.4) is 0 Å². The second-order valence-corrected chi connectivity index (χ2v) is 7.34. The summed E-state index contributed by atoms with van der Waals surface area (Å²) in [6.07, 6.45) is 2.11. The molecule has 2 aromatic rings. The molecule has 0 saturated carbocycles. The maximum Gasteiger partial charge on any atom is 0.226 e. The smallest absolute Gasteiger partial charge is 0.226 e. The van der Waals surface area contributed by atoms with Crippen LogP contribution in [0.15, 0.2) is 60.7 Å². The molecule has 0 aromatic heterocycles. The zero-order chi connectivity index (χ0) is 17.8. The summed E-state index contributed by atoms with van der Waals surface area (Å²) in [5.41, 5.74) is 2.50. The monoisotopic (exact) mass is 350 g/mol. The molecule has 1 N–H and O–H groups in total. The highest BCUT2D eigenvalue weighted by Crippen LogP contribution is 2.32. The van der Waals surface area contributed by atoms with E-state index in [1.807, 2.05) is 30.3 Å². The van der Waals surface area contributed by atoms with Crippen LogP contribution in [0.2, 0.25) is 0 Å². The zero-order valence-electron chi connectivity index (χ0n) is 15.0. The zero-order valence-corrected chi connectivity index (χ0v) is 15.0. The van der Waals surface area contributed by atoms with E-state index in [2.05, 4.69) is 40.5 Å². The van der Waals surface area contributed by atoms with Crippen molar-refractivity contribution in [1.82, 2.24) is 10.2 Å². The molecule has 2 aliphatic rings. The predicted molar refractivity (Wildman–Crippen MR) is 102 cm³/mol. The van der Waals surface area contributed by atoms with Crippen LogP contribution in [-0.2, 0) is 22.5 Å². The molecular formula is C22H26N2O2. The number of morpholine rings is 1. The summed E-state index contributed by atoms with van der Waals surface area (Å²) in [4.78, 5) is 15.1. The van der Waals surface area contributed by atoms with Gasteiger partial charge < -0.3 is 10.1 Å². The Morgan fingerprint density at radius 1 is 1.00 bits per heavy atom. The molecule has 4 nitrogen and oxygen atoms in total. The number of ether oxygens (including phenoxy) is 1. The van der Waals surface area contributed by atoms with E-state index >= 15 is 0 Å². The molecule has 0 aliphatic carbocycles. The first kappa shape index (κ1) is 17.3. The topological polar surface area (TPSA) is 41.6 Å². The van der Waals surface area contributed by atoms with Crippen LogP contribution in [0.5, 0.6) is 0 Å². The summed E-state index contributed by atoms with van der Waals surface area (Å²) in [5.74, 6) is 0.108. The number of likely N-dealkylation sites (tertiary alicyclic amines) is 1. The van der Waals surface area contributed by atoms with E-state index in [0.717, 1.165) is 38.0 Å². The van der Waals surface area contributed by atoms with E-state index in [9.17, 15) is 4.79 Å². The number of carbonyl (C=O) groups is 1. The minimum Gasteiger partial charge on any atom is -0.371 e. The maximum atomic E-state index is 12.6. The van der Waals surface area contributed by atoms with E-state index in [0.29, 0.717) is 6.54 Å². The minimum absolute atomic E-state index is 0.0227. The van der Waals surface area contributed by atoms with Crippen molar-refractivity contribution < 1.29 is 9.53 Å². The van der Waals surface area contributed by atoms with E-state index in [1.54, 1.807) is 0 Å². The van der Waals surface area contributed by atoms with Gasteiger partial charge in [0.15, 0.2) is 0 Å². The molecule has 3 unspecified atom stereocenters. The van der Waals surface area contributed by atoms with Crippen molar-refractivity contribution in [2.45, 2.75) is 31.6 Å². The summed E-state index contributed by atoms with van der Waals surface area (Å²) in [7, 11) is 0. The van der Waals surface area contributed by atoms with Gasteiger partial charge in [0.2, 0.25) is 5.91 Å². The summed E-state index contributed by atoms with van der Waals surface area (Å²) in [6.45, 7) is 3.41. The highest BCUT2D eigenvalue weighted by atomic mass is 16.5. The van der Waals surface area contributed by atoms with Crippen molar-refractivity contribution >= 4 is 5.91 Å². The minimum atomic E-state index is -0.0227. The number of hydrogen-bond acceptors (Lipinski definition) is 3. The molecule has 4 rings (SSSR count). The molecule has 2 aliphatic heterocycles. The van der Waals surface area contributed by atoms with Crippen LogP contribution >= 0.6 is 0 Å². The molecule has 2 fully saturated rings. The summed E-state index contributed by atoms with van der Waals surface area (Å²) in [5, 5.41) is 3.09. The largest absolute Gasteiger partial charge is 0.371 e. The van der Waals surface area contributed by atoms with Crippen molar-refractivity contribution in [3.63, 3.8) is 0 Å². The van der Waals surface area contributed by atoms with Gasteiger partial charge in [-0.2, -0.15) is 0 Å². The molecule has 2 bridgehead atoms. The van der Waals surface area contributed by atoms with Crippen molar-refractivity contribution in [3.05, 3.63) is 71.8 Å². The fourth-order valence-corrected chi connectivity index (χ4v) is 4.04. The van der Waals surface area contributed by atoms with Crippen molar-refractivity contribution in [1.29, 1.82) is 0 Å². The number of nitrogens with one attached hydrogen (secondary N) is 1. The normalized spacial score (nSPS) is 25.2. The van der Waals surface area contributed by atoms with Crippen molar-refractivity contribution in [2.75, 3.05) is 19.6 Å². The van der Waals surface area contributed by atoms with Crippen LogP contribution in [-0.4, -0.2) is 42.6 Å². The molecule has 2 saturated heterocycles. The molecular weight excluding hydrogens is 324 g/mol. The first-order valence-electron chi connectivity index (χ1n) is 9.51. The van der Waals surface area contributed by atoms with Gasteiger partial charge in [-0.1, -0.05) is 60.7 Å². The van der Waals surface area contributed by atoms with Crippen LogP contribution in [0, 0.1) is 5.92 Å². The molecule has 2 aromatic carbocycles. The van der Waals surface area contributed by atoms with Gasteiger partial charge >= 0.3 is 0 Å². The summed E-state index contributed by atoms with van der Waals surface area (Å²) in [6, 6.07) is 20.6. The molecule has 136 valence electrons. The Kier molecular flexibility index (Phi) is 5.32. The van der Waals surface area contributed by atoms with E-state index in [4.69, 9.17) is 4.74 Å². The number of fused-ring (bicyclic) bond motifs is 2. The fraction of sp³-hybridized carbons (Fsp3) is 0.409. The number of rotatable bonds is 6. The Balaban J connectivity index is 1.28. The summed E-state index contributed by atoms with van der Waals surface area (Å²) >= 11 is 0. The summed E-state index contributed by atoms with van der Waals surface area (Å²) < 4.78 is 6.06. The molecule has 2 heterocycles. The third-order valence-electron chi connectivity index (χ3n) is 5.44. The number of benzene rings is 2. The lowest BCUT2D eigenvalue weighted by Crippen LogP contribution is -2.46.